The van der Waals surface area contributed by atoms with Gasteiger partial charge >= 0.3 is 0 Å². The maximum Gasteiger partial charge on any atom is 0.290 e. The second-order valence-electron chi connectivity index (χ2n) is 6.10. The molecular weight excluding hydrogens is 342 g/mol. The van der Waals surface area contributed by atoms with Crippen molar-refractivity contribution in [3.8, 4) is 17.6 Å². The van der Waals surface area contributed by atoms with Crippen LogP contribution in [-0.4, -0.2) is 26.9 Å². The Morgan fingerprint density at radius 1 is 1.11 bits per heavy atom. The lowest BCUT2D eigenvalue weighted by molar-refractivity contribution is -0.371. The van der Waals surface area contributed by atoms with Gasteiger partial charge in [0, 0.05) is 19.1 Å². The number of methoxy groups -OCH3 is 1. The van der Waals surface area contributed by atoms with E-state index in [1.807, 2.05) is 45.0 Å². The van der Waals surface area contributed by atoms with Crippen LogP contribution >= 0.6 is 0 Å². The zero-order chi connectivity index (χ0) is 19.6. The Bertz CT molecular complexity index is 800. The van der Waals surface area contributed by atoms with Crippen LogP contribution in [0.5, 0.6) is 11.5 Å². The zero-order valence-electron chi connectivity index (χ0n) is 16.5. The Hall–Kier alpha value is -2.78. The van der Waals surface area contributed by atoms with E-state index in [-0.39, 0.29) is 0 Å². The van der Waals surface area contributed by atoms with Crippen LogP contribution < -0.4 is 19.8 Å². The van der Waals surface area contributed by atoms with E-state index in [1.54, 1.807) is 7.11 Å². The summed E-state index contributed by atoms with van der Waals surface area (Å²) >= 11 is 0. The second kappa shape index (κ2) is 10.4. The molecule has 0 aliphatic heterocycles. The van der Waals surface area contributed by atoms with Crippen molar-refractivity contribution in [2.24, 2.45) is 0 Å². The third-order valence-corrected chi connectivity index (χ3v) is 4.02. The van der Waals surface area contributed by atoms with E-state index in [2.05, 4.69) is 16.4 Å². The standard InChI is InChI=1S/C21H27N3O3/c1-5-26-19-8-7-16(12-20(19)27-6-2)9-10-23-21-18(13-22)17(14-25-4)11-15(3)24-21/h7-8,11-12H,5-6,9-10,14H2,1-4H3,(H,23,24)/p+1. The molecule has 1 aromatic heterocycles. The van der Waals surface area contributed by atoms with Crippen LogP contribution in [0, 0.1) is 18.3 Å². The molecule has 6 nitrogen and oxygen atoms in total. The number of pyridine rings is 1. The fraction of sp³-hybridized carbons (Fsp3) is 0.429. The first-order valence-electron chi connectivity index (χ1n) is 9.20. The molecule has 1 heterocycles. The molecule has 144 valence electrons. The highest BCUT2D eigenvalue weighted by molar-refractivity contribution is 5.53. The minimum absolute atomic E-state index is 0.406. The van der Waals surface area contributed by atoms with Gasteiger partial charge in [-0.25, -0.2) is 4.98 Å². The third-order valence-electron chi connectivity index (χ3n) is 4.02. The van der Waals surface area contributed by atoms with Crippen LogP contribution in [0.2, 0.25) is 0 Å². The van der Waals surface area contributed by atoms with Gasteiger partial charge in [0.25, 0.3) is 5.82 Å². The number of hydrogen-bond acceptors (Lipinski definition) is 5. The van der Waals surface area contributed by atoms with Crippen molar-refractivity contribution in [3.05, 3.63) is 46.6 Å². The number of anilines is 1. The molecule has 0 amide bonds. The highest BCUT2D eigenvalue weighted by Crippen LogP contribution is 2.28. The van der Waals surface area contributed by atoms with Gasteiger partial charge in [-0.2, -0.15) is 5.26 Å². The predicted octanol–water partition coefficient (Wildman–Crippen LogP) is 3.28. The zero-order valence-corrected chi connectivity index (χ0v) is 16.5. The Kier molecular flexibility index (Phi) is 7.90. The lowest BCUT2D eigenvalue weighted by atomic mass is 10.1. The van der Waals surface area contributed by atoms with Crippen LogP contribution in [0.3, 0.4) is 0 Å². The average molecular weight is 370 g/mol. The molecule has 0 atom stereocenters. The van der Waals surface area contributed by atoms with Crippen molar-refractivity contribution in [2.45, 2.75) is 33.8 Å². The van der Waals surface area contributed by atoms with Gasteiger partial charge in [0.05, 0.1) is 32.1 Å². The van der Waals surface area contributed by atoms with Crippen molar-refractivity contribution in [2.75, 3.05) is 32.2 Å². The fourth-order valence-corrected chi connectivity index (χ4v) is 2.90. The van der Waals surface area contributed by atoms with Crippen LogP contribution in [0.15, 0.2) is 24.3 Å². The van der Waals surface area contributed by atoms with Gasteiger partial charge in [-0.05, 0) is 44.5 Å². The quantitative estimate of drug-likeness (QED) is 0.694. The number of ether oxygens (including phenoxy) is 3. The van der Waals surface area contributed by atoms with Crippen molar-refractivity contribution in [1.29, 1.82) is 5.26 Å². The molecule has 0 radical (unpaired) electrons. The molecule has 2 N–H and O–H groups in total. The largest absolute Gasteiger partial charge is 0.490 e. The summed E-state index contributed by atoms with van der Waals surface area (Å²) in [5, 5.41) is 12.9. The minimum Gasteiger partial charge on any atom is -0.490 e. The van der Waals surface area contributed by atoms with Gasteiger partial charge in [0.15, 0.2) is 11.5 Å². The average Bonchev–Trinajstić information content (AvgIpc) is 2.64. The topological polar surface area (TPSA) is 77.6 Å². The van der Waals surface area contributed by atoms with Crippen molar-refractivity contribution in [3.63, 3.8) is 0 Å². The maximum atomic E-state index is 9.51. The summed E-state index contributed by atoms with van der Waals surface area (Å²) in [7, 11) is 1.63. The molecule has 0 spiro atoms. The summed E-state index contributed by atoms with van der Waals surface area (Å²) in [5.74, 6) is 2.25. The molecule has 0 saturated heterocycles. The number of nitrogens with one attached hydrogen (secondary N) is 2. The van der Waals surface area contributed by atoms with Crippen molar-refractivity contribution >= 4 is 5.82 Å². The Morgan fingerprint density at radius 2 is 1.85 bits per heavy atom. The Morgan fingerprint density at radius 3 is 2.52 bits per heavy atom. The summed E-state index contributed by atoms with van der Waals surface area (Å²) in [6, 6.07) is 10.2. The molecular formula is C21H28N3O3+. The highest BCUT2D eigenvalue weighted by atomic mass is 16.5. The van der Waals surface area contributed by atoms with Crippen LogP contribution in [0.25, 0.3) is 0 Å². The van der Waals surface area contributed by atoms with Crippen LogP contribution in [0.4, 0.5) is 5.82 Å². The number of rotatable bonds is 10. The van der Waals surface area contributed by atoms with E-state index in [4.69, 9.17) is 14.2 Å². The number of aryl methyl sites for hydroxylation is 1. The normalized spacial score (nSPS) is 10.3. The SMILES string of the molecule is CCOc1ccc(CCNc2[nH+]c(C)cc(COC)c2C#N)cc1OCC. The number of nitriles is 1. The first-order chi connectivity index (χ1) is 13.1. The predicted molar refractivity (Wildman–Crippen MR) is 104 cm³/mol. The fourth-order valence-electron chi connectivity index (χ4n) is 2.90. The van der Waals surface area contributed by atoms with E-state index in [9.17, 15) is 5.26 Å². The van der Waals surface area contributed by atoms with E-state index in [0.717, 1.165) is 40.6 Å². The maximum absolute atomic E-state index is 9.51. The minimum atomic E-state index is 0.406. The summed E-state index contributed by atoms with van der Waals surface area (Å²) in [6.07, 6.45) is 0.790. The van der Waals surface area contributed by atoms with Crippen molar-refractivity contribution in [1.82, 2.24) is 0 Å². The summed E-state index contributed by atoms with van der Waals surface area (Å²) < 4.78 is 16.5. The number of aromatic nitrogens is 1. The number of benzene rings is 1. The summed E-state index contributed by atoms with van der Waals surface area (Å²) in [6.45, 7) is 8.16. The molecule has 6 heteroatoms. The van der Waals surface area contributed by atoms with Crippen LogP contribution in [0.1, 0.15) is 36.2 Å². The highest BCUT2D eigenvalue weighted by Gasteiger charge is 2.16. The lowest BCUT2D eigenvalue weighted by Gasteiger charge is -2.12. The molecule has 2 rings (SSSR count). The molecule has 0 bridgehead atoms. The van der Waals surface area contributed by atoms with Crippen LogP contribution in [-0.2, 0) is 17.8 Å². The first kappa shape index (κ1) is 20.5. The first-order valence-corrected chi connectivity index (χ1v) is 9.20. The van der Waals surface area contributed by atoms with Gasteiger partial charge < -0.3 is 14.2 Å². The second-order valence-corrected chi connectivity index (χ2v) is 6.10. The third kappa shape index (κ3) is 5.60. The number of hydrogen-bond donors (Lipinski definition) is 1. The van der Waals surface area contributed by atoms with E-state index >= 15 is 0 Å². The van der Waals surface area contributed by atoms with E-state index in [1.165, 1.54) is 0 Å². The molecule has 0 saturated carbocycles. The molecule has 2 aromatic rings. The molecule has 0 aliphatic rings. The number of nitrogens with zero attached hydrogens (tertiary/aromatic N) is 1. The van der Waals surface area contributed by atoms with Gasteiger partial charge in [-0.1, -0.05) is 6.07 Å². The van der Waals surface area contributed by atoms with Gasteiger partial charge in [0.2, 0.25) is 0 Å². The molecule has 1 aromatic carbocycles. The van der Waals surface area contributed by atoms with Gasteiger partial charge in [0.1, 0.15) is 11.6 Å². The molecule has 27 heavy (non-hydrogen) atoms. The number of aromatic amines is 1. The summed E-state index contributed by atoms with van der Waals surface area (Å²) in [5.41, 5.74) is 3.57. The molecule has 0 unspecified atom stereocenters. The van der Waals surface area contributed by atoms with E-state index < -0.39 is 0 Å². The molecule has 0 aliphatic carbocycles. The molecule has 0 fully saturated rings. The van der Waals surface area contributed by atoms with E-state index in [0.29, 0.717) is 31.9 Å². The Labute approximate surface area is 161 Å². The van der Waals surface area contributed by atoms with Gasteiger partial charge in [-0.3, -0.25) is 5.32 Å². The Balaban J connectivity index is 2.10. The smallest absolute Gasteiger partial charge is 0.290 e. The van der Waals surface area contributed by atoms with Gasteiger partial charge in [-0.15, -0.1) is 0 Å². The number of H-pyrrole nitrogens is 1. The summed E-state index contributed by atoms with van der Waals surface area (Å²) in [4.78, 5) is 3.24. The van der Waals surface area contributed by atoms with Crippen molar-refractivity contribution < 1.29 is 19.2 Å². The lowest BCUT2D eigenvalue weighted by Crippen LogP contribution is -2.21. The monoisotopic (exact) mass is 370 g/mol.